The van der Waals surface area contributed by atoms with E-state index in [9.17, 15) is 9.59 Å². The second-order valence-electron chi connectivity index (χ2n) is 8.76. The van der Waals surface area contributed by atoms with Crippen molar-refractivity contribution in [2.24, 2.45) is 5.92 Å². The van der Waals surface area contributed by atoms with Crippen molar-refractivity contribution < 1.29 is 28.5 Å². The molecule has 0 aromatic heterocycles. The van der Waals surface area contributed by atoms with Gasteiger partial charge in [-0.25, -0.2) is 9.59 Å². The summed E-state index contributed by atoms with van der Waals surface area (Å²) in [4.78, 5) is 24.2. The average Bonchev–Trinajstić information content (AvgIpc) is 2.71. The zero-order valence-corrected chi connectivity index (χ0v) is 18.7. The predicted octanol–water partition coefficient (Wildman–Crippen LogP) is 4.23. The summed E-state index contributed by atoms with van der Waals surface area (Å²) >= 11 is 0. The topological polar surface area (TPSA) is 83.1 Å². The Bertz CT molecular complexity index is 674. The Morgan fingerprint density at radius 2 is 1.70 bits per heavy atom. The Hall–Kier alpha value is -2.28. The van der Waals surface area contributed by atoms with Gasteiger partial charge in [-0.15, -0.1) is 0 Å². The molecular weight excluding hydrogens is 386 g/mol. The molecule has 1 amide bonds. The number of amides is 1. The number of carbonyl (C=O) groups excluding carboxylic acids is 2. The van der Waals surface area contributed by atoms with Crippen LogP contribution in [0.5, 0.6) is 5.75 Å². The van der Waals surface area contributed by atoms with Crippen LogP contribution in [0.15, 0.2) is 24.3 Å². The molecule has 0 bridgehead atoms. The molecule has 1 aromatic carbocycles. The number of rotatable bonds is 8. The SMILES string of the molecule is COC(=O)[C@H](CC1CCC(OCc2ccc(OC)cc2)CC1)NC(=O)OC(C)(C)C. The Morgan fingerprint density at radius 3 is 2.23 bits per heavy atom. The second kappa shape index (κ2) is 11.2. The van der Waals surface area contributed by atoms with Gasteiger partial charge in [0.2, 0.25) is 0 Å². The molecule has 0 heterocycles. The van der Waals surface area contributed by atoms with Crippen LogP contribution in [0.25, 0.3) is 0 Å². The highest BCUT2D eigenvalue weighted by Crippen LogP contribution is 2.30. The normalized spacial score (nSPS) is 20.2. The number of ether oxygens (including phenoxy) is 4. The summed E-state index contributed by atoms with van der Waals surface area (Å²) < 4.78 is 21.4. The largest absolute Gasteiger partial charge is 0.497 e. The van der Waals surface area contributed by atoms with Gasteiger partial charge in [-0.1, -0.05) is 12.1 Å². The Kier molecular flexibility index (Phi) is 8.96. The first-order chi connectivity index (χ1) is 14.2. The van der Waals surface area contributed by atoms with Crippen LogP contribution >= 0.6 is 0 Å². The maximum absolute atomic E-state index is 12.1. The first kappa shape index (κ1) is 24.0. The van der Waals surface area contributed by atoms with Gasteiger partial charge in [0.15, 0.2) is 0 Å². The zero-order valence-electron chi connectivity index (χ0n) is 18.7. The van der Waals surface area contributed by atoms with Crippen LogP contribution in [-0.2, 0) is 25.6 Å². The lowest BCUT2D eigenvalue weighted by Gasteiger charge is -2.31. The van der Waals surface area contributed by atoms with Crippen LogP contribution in [0.3, 0.4) is 0 Å². The third-order valence-electron chi connectivity index (χ3n) is 5.18. The molecule has 0 spiro atoms. The Labute approximate surface area is 179 Å². The van der Waals surface area contributed by atoms with Crippen molar-refractivity contribution in [1.82, 2.24) is 5.32 Å². The summed E-state index contributed by atoms with van der Waals surface area (Å²) in [6.07, 6.45) is 3.89. The van der Waals surface area contributed by atoms with Crippen molar-refractivity contribution in [3.8, 4) is 5.75 Å². The van der Waals surface area contributed by atoms with E-state index >= 15 is 0 Å². The van der Waals surface area contributed by atoms with Gasteiger partial charge in [0.25, 0.3) is 0 Å². The summed E-state index contributed by atoms with van der Waals surface area (Å²) in [6.45, 7) is 5.93. The number of methoxy groups -OCH3 is 2. The molecule has 1 aliphatic rings. The van der Waals surface area contributed by atoms with Crippen molar-refractivity contribution in [3.05, 3.63) is 29.8 Å². The van der Waals surface area contributed by atoms with E-state index in [2.05, 4.69) is 5.32 Å². The van der Waals surface area contributed by atoms with E-state index in [4.69, 9.17) is 18.9 Å². The van der Waals surface area contributed by atoms with E-state index in [0.29, 0.717) is 18.9 Å². The molecule has 0 unspecified atom stereocenters. The molecule has 1 atom stereocenters. The van der Waals surface area contributed by atoms with E-state index < -0.39 is 23.7 Å². The van der Waals surface area contributed by atoms with E-state index in [1.54, 1.807) is 27.9 Å². The molecule has 7 nitrogen and oxygen atoms in total. The number of benzene rings is 1. The number of hydrogen-bond donors (Lipinski definition) is 1. The molecule has 7 heteroatoms. The standard InChI is InChI=1S/C23H35NO6/c1-23(2,3)30-22(26)24-20(21(25)28-5)14-16-6-12-19(13-7-16)29-15-17-8-10-18(27-4)11-9-17/h8-11,16,19-20H,6-7,12-15H2,1-5H3,(H,24,26)/t16?,19?,20-/m0/s1. The number of nitrogens with one attached hydrogen (secondary N) is 1. The second-order valence-corrected chi connectivity index (χ2v) is 8.76. The molecule has 1 N–H and O–H groups in total. The van der Waals surface area contributed by atoms with Crippen molar-refractivity contribution >= 4 is 12.1 Å². The van der Waals surface area contributed by atoms with Crippen LogP contribution < -0.4 is 10.1 Å². The molecule has 0 radical (unpaired) electrons. The van der Waals surface area contributed by atoms with Crippen LogP contribution in [0.1, 0.15) is 58.4 Å². The van der Waals surface area contributed by atoms with E-state index in [1.807, 2.05) is 24.3 Å². The smallest absolute Gasteiger partial charge is 0.408 e. The summed E-state index contributed by atoms with van der Waals surface area (Å²) in [6, 6.07) is 7.17. The van der Waals surface area contributed by atoms with Gasteiger partial charge in [0.1, 0.15) is 17.4 Å². The lowest BCUT2D eigenvalue weighted by molar-refractivity contribution is -0.143. The molecule has 0 aliphatic heterocycles. The predicted molar refractivity (Wildman–Crippen MR) is 113 cm³/mol. The van der Waals surface area contributed by atoms with Crippen LogP contribution in [0, 0.1) is 5.92 Å². The maximum Gasteiger partial charge on any atom is 0.408 e. The van der Waals surface area contributed by atoms with Crippen molar-refractivity contribution in [1.29, 1.82) is 0 Å². The third kappa shape index (κ3) is 8.22. The highest BCUT2D eigenvalue weighted by molar-refractivity contribution is 5.81. The van der Waals surface area contributed by atoms with Gasteiger partial charge >= 0.3 is 12.1 Å². The molecule has 1 fully saturated rings. The zero-order chi connectivity index (χ0) is 22.1. The third-order valence-corrected chi connectivity index (χ3v) is 5.18. The van der Waals surface area contributed by atoms with Gasteiger partial charge in [-0.3, -0.25) is 0 Å². The Balaban J connectivity index is 1.78. The fourth-order valence-corrected chi connectivity index (χ4v) is 3.61. The molecular formula is C23H35NO6. The van der Waals surface area contributed by atoms with Crippen molar-refractivity contribution in [2.45, 2.75) is 77.2 Å². The summed E-state index contributed by atoms with van der Waals surface area (Å²) in [5.74, 6) is 0.711. The van der Waals surface area contributed by atoms with Gasteiger partial charge in [-0.2, -0.15) is 0 Å². The van der Waals surface area contributed by atoms with Crippen molar-refractivity contribution in [2.75, 3.05) is 14.2 Å². The molecule has 2 rings (SSSR count). The van der Waals surface area contributed by atoms with Gasteiger partial charge in [-0.05, 0) is 76.5 Å². The number of carbonyl (C=O) groups is 2. The highest BCUT2D eigenvalue weighted by atomic mass is 16.6. The first-order valence-corrected chi connectivity index (χ1v) is 10.5. The lowest BCUT2D eigenvalue weighted by Crippen LogP contribution is -2.45. The molecule has 1 aromatic rings. The fourth-order valence-electron chi connectivity index (χ4n) is 3.61. The van der Waals surface area contributed by atoms with Crippen molar-refractivity contribution in [3.63, 3.8) is 0 Å². The van der Waals surface area contributed by atoms with Crippen LogP contribution in [0.2, 0.25) is 0 Å². The first-order valence-electron chi connectivity index (χ1n) is 10.5. The highest BCUT2D eigenvalue weighted by Gasteiger charge is 2.30. The average molecular weight is 422 g/mol. The molecule has 0 saturated heterocycles. The number of alkyl carbamates (subject to hydrolysis) is 1. The van der Waals surface area contributed by atoms with Gasteiger partial charge in [0.05, 0.1) is 26.9 Å². The summed E-state index contributed by atoms with van der Waals surface area (Å²) in [5.41, 5.74) is 0.495. The monoisotopic (exact) mass is 421 g/mol. The lowest BCUT2D eigenvalue weighted by atomic mass is 9.83. The minimum atomic E-state index is -0.702. The molecule has 168 valence electrons. The molecule has 1 saturated carbocycles. The van der Waals surface area contributed by atoms with Crippen LogP contribution in [0.4, 0.5) is 4.79 Å². The van der Waals surface area contributed by atoms with E-state index in [1.165, 1.54) is 7.11 Å². The van der Waals surface area contributed by atoms with Gasteiger partial charge in [0, 0.05) is 0 Å². The summed E-state index contributed by atoms with van der Waals surface area (Å²) in [7, 11) is 2.98. The number of esters is 1. The van der Waals surface area contributed by atoms with E-state index in [-0.39, 0.29) is 6.10 Å². The van der Waals surface area contributed by atoms with Gasteiger partial charge < -0.3 is 24.3 Å². The Morgan fingerprint density at radius 1 is 1.07 bits per heavy atom. The fraction of sp³-hybridized carbons (Fsp3) is 0.652. The minimum absolute atomic E-state index is 0.207. The van der Waals surface area contributed by atoms with E-state index in [0.717, 1.165) is 37.0 Å². The van der Waals surface area contributed by atoms with Crippen LogP contribution in [-0.4, -0.2) is 44.0 Å². The molecule has 1 aliphatic carbocycles. The molecule has 30 heavy (non-hydrogen) atoms. The minimum Gasteiger partial charge on any atom is -0.497 e. The maximum atomic E-state index is 12.1. The number of hydrogen-bond acceptors (Lipinski definition) is 6. The summed E-state index contributed by atoms with van der Waals surface area (Å²) in [5, 5.41) is 2.66. The quantitative estimate of drug-likeness (QED) is 0.633.